The van der Waals surface area contributed by atoms with Crippen molar-refractivity contribution in [1.82, 2.24) is 4.90 Å². The highest BCUT2D eigenvalue weighted by Crippen LogP contribution is 2.21. The molecule has 0 aliphatic rings. The summed E-state index contributed by atoms with van der Waals surface area (Å²) in [6.45, 7) is 5.79. The molecule has 0 amide bonds. The summed E-state index contributed by atoms with van der Waals surface area (Å²) in [6.07, 6.45) is 1.84. The summed E-state index contributed by atoms with van der Waals surface area (Å²) in [7, 11) is 2.08. The SMILES string of the molecule is CN(Cc1coc2ccccc12)CC(C)(C)N. The van der Waals surface area contributed by atoms with Gasteiger partial charge in [0.05, 0.1) is 6.26 Å². The second-order valence-corrected chi connectivity index (χ2v) is 5.42. The Morgan fingerprint density at radius 1 is 1.29 bits per heavy atom. The van der Waals surface area contributed by atoms with Crippen molar-refractivity contribution in [2.45, 2.75) is 25.9 Å². The second-order valence-electron chi connectivity index (χ2n) is 5.42. The molecule has 92 valence electrons. The predicted molar refractivity (Wildman–Crippen MR) is 70.8 cm³/mol. The Kier molecular flexibility index (Phi) is 3.22. The van der Waals surface area contributed by atoms with Crippen LogP contribution < -0.4 is 5.73 Å². The highest BCUT2D eigenvalue weighted by atomic mass is 16.3. The van der Waals surface area contributed by atoms with Crippen molar-refractivity contribution < 1.29 is 4.42 Å². The van der Waals surface area contributed by atoms with Gasteiger partial charge in [-0.1, -0.05) is 18.2 Å². The van der Waals surface area contributed by atoms with E-state index in [0.717, 1.165) is 18.7 Å². The van der Waals surface area contributed by atoms with E-state index in [1.807, 2.05) is 38.3 Å². The Bertz CT molecular complexity index is 496. The third-order valence-electron chi connectivity index (χ3n) is 2.68. The van der Waals surface area contributed by atoms with Gasteiger partial charge >= 0.3 is 0 Å². The van der Waals surface area contributed by atoms with Gasteiger partial charge in [0.25, 0.3) is 0 Å². The molecule has 0 bridgehead atoms. The van der Waals surface area contributed by atoms with E-state index in [1.54, 1.807) is 0 Å². The summed E-state index contributed by atoms with van der Waals surface area (Å²) < 4.78 is 5.52. The molecule has 1 aromatic carbocycles. The van der Waals surface area contributed by atoms with E-state index in [-0.39, 0.29) is 5.54 Å². The van der Waals surface area contributed by atoms with Crippen molar-refractivity contribution in [1.29, 1.82) is 0 Å². The lowest BCUT2D eigenvalue weighted by molar-refractivity contribution is 0.263. The molecule has 0 fully saturated rings. The number of nitrogens with two attached hydrogens (primary N) is 1. The first kappa shape index (κ1) is 12.1. The number of fused-ring (bicyclic) bond motifs is 1. The van der Waals surface area contributed by atoms with E-state index >= 15 is 0 Å². The second kappa shape index (κ2) is 4.51. The molecule has 0 unspecified atom stereocenters. The maximum absolute atomic E-state index is 6.01. The average molecular weight is 232 g/mol. The molecule has 2 rings (SSSR count). The Morgan fingerprint density at radius 2 is 2.00 bits per heavy atom. The molecule has 0 spiro atoms. The molecule has 17 heavy (non-hydrogen) atoms. The van der Waals surface area contributed by atoms with E-state index in [0.29, 0.717) is 0 Å². The standard InChI is InChI=1S/C14H20N2O/c1-14(2,15)10-16(3)8-11-9-17-13-7-5-4-6-12(11)13/h4-7,9H,8,10,15H2,1-3H3. The quantitative estimate of drug-likeness (QED) is 0.881. The third kappa shape index (κ3) is 3.08. The molecule has 2 aromatic rings. The highest BCUT2D eigenvalue weighted by Gasteiger charge is 2.15. The Morgan fingerprint density at radius 3 is 2.71 bits per heavy atom. The first-order chi connectivity index (χ1) is 7.96. The van der Waals surface area contributed by atoms with E-state index < -0.39 is 0 Å². The highest BCUT2D eigenvalue weighted by molar-refractivity contribution is 5.80. The van der Waals surface area contributed by atoms with Crippen molar-refractivity contribution in [3.8, 4) is 0 Å². The normalized spacial score (nSPS) is 12.5. The molecule has 1 aromatic heterocycles. The fourth-order valence-electron chi connectivity index (χ4n) is 2.20. The van der Waals surface area contributed by atoms with Crippen LogP contribution >= 0.6 is 0 Å². The van der Waals surface area contributed by atoms with Crippen molar-refractivity contribution in [3.05, 3.63) is 36.1 Å². The molecule has 1 heterocycles. The van der Waals surface area contributed by atoms with Crippen molar-refractivity contribution in [2.75, 3.05) is 13.6 Å². The van der Waals surface area contributed by atoms with Crippen LogP contribution in [0, 0.1) is 0 Å². The zero-order valence-corrected chi connectivity index (χ0v) is 10.7. The number of para-hydroxylation sites is 1. The molecular weight excluding hydrogens is 212 g/mol. The van der Waals surface area contributed by atoms with Gasteiger partial charge in [-0.05, 0) is 27.0 Å². The molecule has 0 aliphatic heterocycles. The van der Waals surface area contributed by atoms with Crippen LogP contribution in [0.4, 0.5) is 0 Å². The summed E-state index contributed by atoms with van der Waals surface area (Å²) in [4.78, 5) is 2.22. The van der Waals surface area contributed by atoms with Gasteiger partial charge in [0.2, 0.25) is 0 Å². The molecule has 0 atom stereocenters. The summed E-state index contributed by atoms with van der Waals surface area (Å²) in [6, 6.07) is 8.11. The largest absolute Gasteiger partial charge is 0.464 e. The molecule has 2 N–H and O–H groups in total. The maximum atomic E-state index is 6.01. The zero-order valence-electron chi connectivity index (χ0n) is 10.7. The third-order valence-corrected chi connectivity index (χ3v) is 2.68. The lowest BCUT2D eigenvalue weighted by Gasteiger charge is -2.26. The Labute approximate surface area is 102 Å². The van der Waals surface area contributed by atoms with Gasteiger partial charge in [0.15, 0.2) is 0 Å². The van der Waals surface area contributed by atoms with Crippen LogP contribution in [0.3, 0.4) is 0 Å². The smallest absolute Gasteiger partial charge is 0.134 e. The van der Waals surface area contributed by atoms with Crippen LogP contribution in [0.15, 0.2) is 34.9 Å². The number of rotatable bonds is 4. The van der Waals surface area contributed by atoms with Crippen LogP contribution in [0.2, 0.25) is 0 Å². The average Bonchev–Trinajstić information content (AvgIpc) is 2.59. The van der Waals surface area contributed by atoms with Gasteiger partial charge in [-0.2, -0.15) is 0 Å². The minimum atomic E-state index is -0.172. The maximum Gasteiger partial charge on any atom is 0.134 e. The molecule has 0 saturated carbocycles. The Hall–Kier alpha value is -1.32. The minimum Gasteiger partial charge on any atom is -0.464 e. The number of hydrogen-bond donors (Lipinski definition) is 1. The number of likely N-dealkylation sites (N-methyl/N-ethyl adjacent to an activating group) is 1. The number of furan rings is 1. The van der Waals surface area contributed by atoms with E-state index in [2.05, 4.69) is 18.0 Å². The predicted octanol–water partition coefficient (Wildman–Crippen LogP) is 2.60. The first-order valence-electron chi connectivity index (χ1n) is 5.88. The van der Waals surface area contributed by atoms with Gasteiger partial charge in [-0.25, -0.2) is 0 Å². The summed E-state index contributed by atoms with van der Waals surface area (Å²) >= 11 is 0. The van der Waals surface area contributed by atoms with Crippen LogP contribution in [0.25, 0.3) is 11.0 Å². The van der Waals surface area contributed by atoms with Crippen LogP contribution in [-0.4, -0.2) is 24.0 Å². The lowest BCUT2D eigenvalue weighted by Crippen LogP contribution is -2.43. The molecular formula is C14H20N2O. The fourth-order valence-corrected chi connectivity index (χ4v) is 2.20. The summed E-state index contributed by atoms with van der Waals surface area (Å²) in [5.41, 5.74) is 8.00. The number of hydrogen-bond acceptors (Lipinski definition) is 3. The molecule has 3 nitrogen and oxygen atoms in total. The number of nitrogens with zero attached hydrogens (tertiary/aromatic N) is 1. The monoisotopic (exact) mass is 232 g/mol. The van der Waals surface area contributed by atoms with Gasteiger partial charge in [-0.15, -0.1) is 0 Å². The van der Waals surface area contributed by atoms with Crippen LogP contribution in [0.1, 0.15) is 19.4 Å². The van der Waals surface area contributed by atoms with E-state index in [1.165, 1.54) is 10.9 Å². The van der Waals surface area contributed by atoms with Crippen molar-refractivity contribution in [3.63, 3.8) is 0 Å². The van der Waals surface area contributed by atoms with Crippen LogP contribution in [-0.2, 0) is 6.54 Å². The molecule has 3 heteroatoms. The lowest BCUT2D eigenvalue weighted by atomic mass is 10.1. The van der Waals surface area contributed by atoms with Gasteiger partial charge in [0, 0.05) is 29.6 Å². The van der Waals surface area contributed by atoms with Crippen molar-refractivity contribution >= 4 is 11.0 Å². The Balaban J connectivity index is 2.13. The number of benzene rings is 1. The van der Waals surface area contributed by atoms with Gasteiger partial charge in [-0.3, -0.25) is 0 Å². The summed E-state index contributed by atoms with van der Waals surface area (Å²) in [5, 5.41) is 1.19. The van der Waals surface area contributed by atoms with Gasteiger partial charge < -0.3 is 15.1 Å². The molecule has 0 aliphatic carbocycles. The van der Waals surface area contributed by atoms with Crippen molar-refractivity contribution in [2.24, 2.45) is 5.73 Å². The van der Waals surface area contributed by atoms with Gasteiger partial charge in [0.1, 0.15) is 5.58 Å². The van der Waals surface area contributed by atoms with E-state index in [9.17, 15) is 0 Å². The first-order valence-corrected chi connectivity index (χ1v) is 5.88. The van der Waals surface area contributed by atoms with Crippen LogP contribution in [0.5, 0.6) is 0 Å². The minimum absolute atomic E-state index is 0.172. The van der Waals surface area contributed by atoms with E-state index in [4.69, 9.17) is 10.2 Å². The zero-order chi connectivity index (χ0) is 12.5. The molecule has 0 saturated heterocycles. The molecule has 0 radical (unpaired) electrons. The topological polar surface area (TPSA) is 42.4 Å². The summed E-state index contributed by atoms with van der Waals surface area (Å²) in [5.74, 6) is 0. The fraction of sp³-hybridized carbons (Fsp3) is 0.429.